The number of aryl methyl sites for hydroxylation is 1. The summed E-state index contributed by atoms with van der Waals surface area (Å²) in [5, 5.41) is 32.6. The zero-order chi connectivity index (χ0) is 25.1. The van der Waals surface area contributed by atoms with Crippen LogP contribution in [0.5, 0.6) is 5.75 Å². The van der Waals surface area contributed by atoms with E-state index in [0.717, 1.165) is 66.0 Å². The Balaban J connectivity index is 1.39. The van der Waals surface area contributed by atoms with Crippen molar-refractivity contribution in [1.29, 1.82) is 0 Å². The van der Waals surface area contributed by atoms with Crippen molar-refractivity contribution in [2.75, 3.05) is 18.5 Å². The molecule has 3 N–H and O–H groups in total. The molecule has 1 aliphatic rings. The summed E-state index contributed by atoms with van der Waals surface area (Å²) >= 11 is 0. The molecule has 4 aromatic heterocycles. The van der Waals surface area contributed by atoms with Crippen LogP contribution in [-0.4, -0.2) is 70.1 Å². The molecule has 1 aliphatic carbocycles. The number of aromatic nitrogens is 7. The van der Waals surface area contributed by atoms with Crippen LogP contribution in [0, 0.1) is 6.92 Å². The largest absolute Gasteiger partial charge is 0.487 e. The summed E-state index contributed by atoms with van der Waals surface area (Å²) in [7, 11) is 0. The quantitative estimate of drug-likeness (QED) is 0.322. The maximum atomic E-state index is 9.78. The van der Waals surface area contributed by atoms with E-state index in [1.807, 2.05) is 26.2 Å². The number of pyridine rings is 1. The van der Waals surface area contributed by atoms with Crippen LogP contribution < -0.4 is 10.1 Å². The van der Waals surface area contributed by atoms with Gasteiger partial charge in [0.2, 0.25) is 0 Å². The Labute approximate surface area is 209 Å². The number of fused-ring (bicyclic) bond motifs is 1. The minimum Gasteiger partial charge on any atom is -0.487 e. The lowest BCUT2D eigenvalue weighted by atomic mass is 9.93. The van der Waals surface area contributed by atoms with Crippen molar-refractivity contribution in [3.8, 4) is 17.0 Å². The van der Waals surface area contributed by atoms with E-state index in [4.69, 9.17) is 14.9 Å². The van der Waals surface area contributed by atoms with Gasteiger partial charge < -0.3 is 20.3 Å². The highest BCUT2D eigenvalue weighted by atomic mass is 16.5. The minimum absolute atomic E-state index is 0.129. The van der Waals surface area contributed by atoms with E-state index in [-0.39, 0.29) is 25.3 Å². The number of aliphatic hydroxyl groups excluding tert-OH is 2. The summed E-state index contributed by atoms with van der Waals surface area (Å²) in [6, 6.07) is 2.29. The van der Waals surface area contributed by atoms with Gasteiger partial charge >= 0.3 is 0 Å². The normalized spacial score (nSPS) is 18.9. The second kappa shape index (κ2) is 10.6. The van der Waals surface area contributed by atoms with Gasteiger partial charge in [0.25, 0.3) is 0 Å². The van der Waals surface area contributed by atoms with Crippen LogP contribution in [0.15, 0.2) is 37.1 Å². The summed E-state index contributed by atoms with van der Waals surface area (Å²) in [6.07, 6.45) is 11.9. The van der Waals surface area contributed by atoms with Crippen molar-refractivity contribution in [3.63, 3.8) is 0 Å². The third-order valence-corrected chi connectivity index (χ3v) is 6.51. The lowest BCUT2D eigenvalue weighted by Crippen LogP contribution is -2.26. The minimum atomic E-state index is -0.861. The first kappa shape index (κ1) is 24.1. The zero-order valence-electron chi connectivity index (χ0n) is 20.6. The lowest BCUT2D eigenvalue weighted by Gasteiger charge is -2.29. The summed E-state index contributed by atoms with van der Waals surface area (Å²) in [6.45, 7) is 4.59. The van der Waals surface area contributed by atoms with Crippen molar-refractivity contribution < 1.29 is 14.9 Å². The van der Waals surface area contributed by atoms with Crippen molar-refractivity contribution in [2.24, 2.45) is 0 Å². The van der Waals surface area contributed by atoms with Crippen LogP contribution in [0.2, 0.25) is 0 Å². The number of nitrogens with zero attached hydrogens (tertiary/aromatic N) is 7. The molecule has 36 heavy (non-hydrogen) atoms. The van der Waals surface area contributed by atoms with Crippen LogP contribution in [-0.2, 0) is 6.54 Å². The third kappa shape index (κ3) is 5.17. The molecule has 4 aromatic rings. The highest BCUT2D eigenvalue weighted by Crippen LogP contribution is 2.36. The fourth-order valence-electron chi connectivity index (χ4n) is 4.70. The van der Waals surface area contributed by atoms with Gasteiger partial charge in [0.1, 0.15) is 17.3 Å². The molecule has 1 fully saturated rings. The summed E-state index contributed by atoms with van der Waals surface area (Å²) in [4.78, 5) is 13.0. The number of nitrogens with one attached hydrogen (secondary N) is 1. The Morgan fingerprint density at radius 1 is 1.11 bits per heavy atom. The first-order chi connectivity index (χ1) is 17.5. The first-order valence-electron chi connectivity index (χ1n) is 12.4. The molecule has 0 bridgehead atoms. The highest BCUT2D eigenvalue weighted by Gasteiger charge is 2.27. The smallest absolute Gasteiger partial charge is 0.156 e. The predicted octanol–water partition coefficient (Wildman–Crippen LogP) is 2.74. The Morgan fingerprint density at radius 2 is 1.89 bits per heavy atom. The average Bonchev–Trinajstić information content (AvgIpc) is 3.50. The number of rotatable bonds is 9. The number of aliphatic hydroxyl groups is 2. The molecule has 0 aromatic carbocycles. The molecule has 190 valence electrons. The van der Waals surface area contributed by atoms with Gasteiger partial charge in [0, 0.05) is 36.0 Å². The van der Waals surface area contributed by atoms with E-state index in [1.165, 1.54) is 0 Å². The fourth-order valence-corrected chi connectivity index (χ4v) is 4.70. The Kier molecular flexibility index (Phi) is 7.10. The van der Waals surface area contributed by atoms with Gasteiger partial charge in [-0.15, -0.1) is 0 Å². The molecule has 11 nitrogen and oxygen atoms in total. The zero-order valence-corrected chi connectivity index (χ0v) is 20.6. The van der Waals surface area contributed by atoms with Crippen LogP contribution in [0.25, 0.3) is 22.2 Å². The molecule has 11 heteroatoms. The maximum absolute atomic E-state index is 9.78. The maximum Gasteiger partial charge on any atom is 0.156 e. The lowest BCUT2D eigenvalue weighted by molar-refractivity contribution is 0.0783. The molecule has 0 saturated heterocycles. The van der Waals surface area contributed by atoms with Crippen molar-refractivity contribution in [2.45, 2.75) is 64.3 Å². The van der Waals surface area contributed by atoms with Gasteiger partial charge in [-0.05, 0) is 39.5 Å². The van der Waals surface area contributed by atoms with Gasteiger partial charge in [0.15, 0.2) is 5.75 Å². The highest BCUT2D eigenvalue weighted by molar-refractivity contribution is 5.93. The number of ether oxygens (including phenoxy) is 1. The topological polar surface area (TPSA) is 136 Å². The predicted molar refractivity (Wildman–Crippen MR) is 135 cm³/mol. The number of hydrogen-bond donors (Lipinski definition) is 3. The standard InChI is InChI=1S/C25H32N8O3/c1-3-26-24-8-23-22(12-29-24)25(17-9-30-32(13-17)14-19(35)15-34)31-33(23)18-4-6-20(7-5-18)36-21-10-27-16(2)28-11-21/h8-13,18-20,34-35H,3-7,14-15H2,1-2H3,(H,26,29)/t18?,19-,20?/m1/s1. The van der Waals surface area contributed by atoms with Gasteiger partial charge in [-0.3, -0.25) is 9.36 Å². The van der Waals surface area contributed by atoms with E-state index >= 15 is 0 Å². The van der Waals surface area contributed by atoms with E-state index in [2.05, 4.69) is 36.1 Å². The molecular formula is C25H32N8O3. The monoisotopic (exact) mass is 492 g/mol. The molecule has 0 spiro atoms. The van der Waals surface area contributed by atoms with Crippen molar-refractivity contribution in [3.05, 3.63) is 42.9 Å². The SMILES string of the molecule is CCNc1cc2c(cn1)c(-c1cnn(C[C@@H](O)CO)c1)nn2C1CCC(Oc2cnc(C)nc2)CC1. The van der Waals surface area contributed by atoms with E-state index in [9.17, 15) is 5.11 Å². The van der Waals surface area contributed by atoms with Crippen molar-refractivity contribution >= 4 is 16.7 Å². The van der Waals surface area contributed by atoms with Crippen LogP contribution >= 0.6 is 0 Å². The second-order valence-electron chi connectivity index (χ2n) is 9.21. The Morgan fingerprint density at radius 3 is 2.61 bits per heavy atom. The summed E-state index contributed by atoms with van der Waals surface area (Å²) in [5.74, 6) is 2.25. The molecule has 0 unspecified atom stereocenters. The molecule has 0 amide bonds. The van der Waals surface area contributed by atoms with Gasteiger partial charge in [-0.1, -0.05) is 0 Å². The molecule has 0 radical (unpaired) electrons. The van der Waals surface area contributed by atoms with E-state index in [1.54, 1.807) is 23.3 Å². The summed E-state index contributed by atoms with van der Waals surface area (Å²) in [5.41, 5.74) is 2.68. The van der Waals surface area contributed by atoms with Crippen LogP contribution in [0.1, 0.15) is 44.5 Å². The number of anilines is 1. The molecular weight excluding hydrogens is 460 g/mol. The first-order valence-corrected chi connectivity index (χ1v) is 12.4. The van der Waals surface area contributed by atoms with Gasteiger partial charge in [0.05, 0.1) is 55.5 Å². The van der Waals surface area contributed by atoms with Crippen LogP contribution in [0.4, 0.5) is 5.82 Å². The van der Waals surface area contributed by atoms with E-state index < -0.39 is 6.10 Å². The van der Waals surface area contributed by atoms with Gasteiger partial charge in [-0.2, -0.15) is 10.2 Å². The third-order valence-electron chi connectivity index (χ3n) is 6.51. The molecule has 0 aliphatic heterocycles. The molecule has 1 saturated carbocycles. The van der Waals surface area contributed by atoms with Gasteiger partial charge in [-0.25, -0.2) is 15.0 Å². The molecule has 5 rings (SSSR count). The molecule has 1 atom stereocenters. The second-order valence-corrected chi connectivity index (χ2v) is 9.21. The number of hydrogen-bond acceptors (Lipinski definition) is 9. The van der Waals surface area contributed by atoms with E-state index in [0.29, 0.717) is 5.75 Å². The average molecular weight is 493 g/mol. The van der Waals surface area contributed by atoms with Crippen molar-refractivity contribution in [1.82, 2.24) is 34.5 Å². The van der Waals surface area contributed by atoms with Crippen LogP contribution in [0.3, 0.4) is 0 Å². The fraction of sp³-hybridized carbons (Fsp3) is 0.480. The Bertz CT molecular complexity index is 1290. The molecule has 4 heterocycles. The summed E-state index contributed by atoms with van der Waals surface area (Å²) < 4.78 is 9.87. The Hall–Kier alpha value is -3.57.